The van der Waals surface area contributed by atoms with Gasteiger partial charge in [-0.1, -0.05) is 26.0 Å². The van der Waals surface area contributed by atoms with E-state index in [9.17, 15) is 0 Å². The molecule has 0 amide bonds. The Morgan fingerprint density at radius 1 is 1.50 bits per heavy atom. The van der Waals surface area contributed by atoms with Gasteiger partial charge in [-0.05, 0) is 32.4 Å². The Balaban J connectivity index is 2.40. The lowest BCUT2D eigenvalue weighted by Gasteiger charge is -2.28. The zero-order valence-corrected chi connectivity index (χ0v) is 9.68. The van der Waals surface area contributed by atoms with Gasteiger partial charge in [-0.2, -0.15) is 0 Å². The number of hydrogen-bond acceptors (Lipinski definition) is 2. The van der Waals surface area contributed by atoms with Crippen molar-refractivity contribution in [1.82, 2.24) is 10.2 Å². The summed E-state index contributed by atoms with van der Waals surface area (Å²) < 4.78 is 0. The first kappa shape index (κ1) is 11.7. The molecule has 2 nitrogen and oxygen atoms in total. The first-order valence-electron chi connectivity index (χ1n) is 5.89. The number of hydrogen-bond donors (Lipinski definition) is 1. The van der Waals surface area contributed by atoms with E-state index < -0.39 is 0 Å². The lowest BCUT2D eigenvalue weighted by Crippen LogP contribution is -2.38. The molecule has 0 aliphatic carbocycles. The van der Waals surface area contributed by atoms with Crippen molar-refractivity contribution in [2.45, 2.75) is 39.2 Å². The predicted octanol–water partition coefficient (Wildman–Crippen LogP) is 2.03. The molecule has 0 aromatic heterocycles. The maximum absolute atomic E-state index is 4.10. The molecule has 1 unspecified atom stereocenters. The van der Waals surface area contributed by atoms with Gasteiger partial charge < -0.3 is 5.32 Å². The van der Waals surface area contributed by atoms with Crippen molar-refractivity contribution in [2.75, 3.05) is 26.2 Å². The molecule has 0 aromatic carbocycles. The normalized spacial score (nSPS) is 21.8. The van der Waals surface area contributed by atoms with Crippen molar-refractivity contribution in [3.8, 4) is 0 Å². The van der Waals surface area contributed by atoms with Gasteiger partial charge >= 0.3 is 0 Å². The lowest BCUT2D eigenvalue weighted by molar-refractivity contribution is 0.225. The van der Waals surface area contributed by atoms with E-state index in [2.05, 4.69) is 30.6 Å². The molecule has 14 heavy (non-hydrogen) atoms. The first-order chi connectivity index (χ1) is 6.77. The van der Waals surface area contributed by atoms with Gasteiger partial charge in [0.15, 0.2) is 0 Å². The highest BCUT2D eigenvalue weighted by Gasteiger charge is 2.21. The summed E-state index contributed by atoms with van der Waals surface area (Å²) in [6, 6.07) is 0.748. The summed E-state index contributed by atoms with van der Waals surface area (Å²) in [6.07, 6.45) is 3.66. The van der Waals surface area contributed by atoms with E-state index in [4.69, 9.17) is 0 Å². The molecule has 0 spiro atoms. The highest BCUT2D eigenvalue weighted by molar-refractivity contribution is 4.98. The molecule has 1 saturated heterocycles. The standard InChI is InChI=1S/C12H24N2/c1-4-8-14(10-11(3)5-2)12-6-7-13-9-12/h12-13H,3-10H2,1-2H3. The van der Waals surface area contributed by atoms with Crippen LogP contribution in [0.15, 0.2) is 12.2 Å². The van der Waals surface area contributed by atoms with E-state index in [0.29, 0.717) is 0 Å². The molecule has 0 aromatic rings. The van der Waals surface area contributed by atoms with Crippen LogP contribution in [0.25, 0.3) is 0 Å². The molecule has 0 bridgehead atoms. The van der Waals surface area contributed by atoms with Crippen molar-refractivity contribution >= 4 is 0 Å². The van der Waals surface area contributed by atoms with Crippen LogP contribution < -0.4 is 5.32 Å². The summed E-state index contributed by atoms with van der Waals surface area (Å²) in [5.41, 5.74) is 1.37. The zero-order valence-electron chi connectivity index (χ0n) is 9.68. The van der Waals surface area contributed by atoms with E-state index in [1.54, 1.807) is 0 Å². The maximum Gasteiger partial charge on any atom is 0.0236 e. The van der Waals surface area contributed by atoms with Crippen LogP contribution in [0.4, 0.5) is 0 Å². The molecular formula is C12H24N2. The fraction of sp³-hybridized carbons (Fsp3) is 0.833. The lowest BCUT2D eigenvalue weighted by atomic mass is 10.1. The molecular weight excluding hydrogens is 172 g/mol. The molecule has 0 saturated carbocycles. The molecule has 1 aliphatic heterocycles. The minimum Gasteiger partial charge on any atom is -0.315 e. The predicted molar refractivity (Wildman–Crippen MR) is 62.6 cm³/mol. The van der Waals surface area contributed by atoms with Crippen LogP contribution in [-0.2, 0) is 0 Å². The van der Waals surface area contributed by atoms with Gasteiger partial charge in [0.25, 0.3) is 0 Å². The fourth-order valence-electron chi connectivity index (χ4n) is 2.03. The molecule has 2 heteroatoms. The summed E-state index contributed by atoms with van der Waals surface area (Å²) in [5, 5.41) is 3.43. The van der Waals surface area contributed by atoms with Crippen molar-refractivity contribution in [2.24, 2.45) is 0 Å². The second kappa shape index (κ2) is 6.20. The SMILES string of the molecule is C=C(CC)CN(CCC)C1CCNC1. The highest BCUT2D eigenvalue weighted by atomic mass is 15.2. The number of nitrogens with one attached hydrogen (secondary N) is 1. The molecule has 1 rings (SSSR count). The Bertz CT molecular complexity index is 171. The summed E-state index contributed by atoms with van der Waals surface area (Å²) in [7, 11) is 0. The van der Waals surface area contributed by atoms with Crippen LogP contribution in [0.2, 0.25) is 0 Å². The molecule has 1 N–H and O–H groups in total. The van der Waals surface area contributed by atoms with Gasteiger partial charge in [0.05, 0.1) is 0 Å². The van der Waals surface area contributed by atoms with Gasteiger partial charge in [-0.3, -0.25) is 4.90 Å². The van der Waals surface area contributed by atoms with Crippen LogP contribution in [0.5, 0.6) is 0 Å². The summed E-state index contributed by atoms with van der Waals surface area (Å²) in [4.78, 5) is 2.59. The van der Waals surface area contributed by atoms with E-state index >= 15 is 0 Å². The molecule has 1 fully saturated rings. The Hall–Kier alpha value is -0.340. The Morgan fingerprint density at radius 2 is 2.29 bits per heavy atom. The quantitative estimate of drug-likeness (QED) is 0.654. The number of nitrogens with zero attached hydrogens (tertiary/aromatic N) is 1. The zero-order chi connectivity index (χ0) is 10.4. The van der Waals surface area contributed by atoms with Crippen molar-refractivity contribution in [3.63, 3.8) is 0 Å². The Labute approximate surface area is 88.4 Å². The van der Waals surface area contributed by atoms with Crippen molar-refractivity contribution in [1.29, 1.82) is 0 Å². The van der Waals surface area contributed by atoms with Gasteiger partial charge in [0, 0.05) is 19.1 Å². The van der Waals surface area contributed by atoms with Gasteiger partial charge in [-0.25, -0.2) is 0 Å². The monoisotopic (exact) mass is 196 g/mol. The molecule has 1 atom stereocenters. The van der Waals surface area contributed by atoms with E-state index in [-0.39, 0.29) is 0 Å². The third kappa shape index (κ3) is 3.43. The van der Waals surface area contributed by atoms with Crippen LogP contribution in [0, 0.1) is 0 Å². The molecule has 1 heterocycles. The van der Waals surface area contributed by atoms with Crippen LogP contribution in [0.3, 0.4) is 0 Å². The van der Waals surface area contributed by atoms with Crippen molar-refractivity contribution in [3.05, 3.63) is 12.2 Å². The van der Waals surface area contributed by atoms with Gasteiger partial charge in [-0.15, -0.1) is 0 Å². The third-order valence-electron chi connectivity index (χ3n) is 2.99. The maximum atomic E-state index is 4.10. The fourth-order valence-corrected chi connectivity index (χ4v) is 2.03. The van der Waals surface area contributed by atoms with E-state index in [0.717, 1.165) is 25.6 Å². The second-order valence-corrected chi connectivity index (χ2v) is 4.22. The van der Waals surface area contributed by atoms with Gasteiger partial charge in [0.1, 0.15) is 0 Å². The third-order valence-corrected chi connectivity index (χ3v) is 2.99. The topological polar surface area (TPSA) is 15.3 Å². The molecule has 0 radical (unpaired) electrons. The Kier molecular flexibility index (Phi) is 5.20. The first-order valence-corrected chi connectivity index (χ1v) is 5.89. The van der Waals surface area contributed by atoms with E-state index in [1.165, 1.54) is 31.5 Å². The second-order valence-electron chi connectivity index (χ2n) is 4.22. The summed E-state index contributed by atoms with van der Waals surface area (Å²) in [6.45, 7) is 13.2. The smallest absolute Gasteiger partial charge is 0.0236 e. The van der Waals surface area contributed by atoms with E-state index in [1.807, 2.05) is 0 Å². The highest BCUT2D eigenvalue weighted by Crippen LogP contribution is 2.12. The van der Waals surface area contributed by atoms with Crippen LogP contribution in [0.1, 0.15) is 33.1 Å². The molecule has 1 aliphatic rings. The minimum atomic E-state index is 0.748. The number of rotatable bonds is 6. The minimum absolute atomic E-state index is 0.748. The largest absolute Gasteiger partial charge is 0.315 e. The molecule has 82 valence electrons. The average molecular weight is 196 g/mol. The summed E-state index contributed by atoms with van der Waals surface area (Å²) >= 11 is 0. The van der Waals surface area contributed by atoms with Gasteiger partial charge in [0.2, 0.25) is 0 Å². The van der Waals surface area contributed by atoms with Crippen LogP contribution >= 0.6 is 0 Å². The van der Waals surface area contributed by atoms with Crippen LogP contribution in [-0.4, -0.2) is 37.1 Å². The van der Waals surface area contributed by atoms with Crippen molar-refractivity contribution < 1.29 is 0 Å². The average Bonchev–Trinajstić information content (AvgIpc) is 2.69. The summed E-state index contributed by atoms with van der Waals surface area (Å²) in [5.74, 6) is 0. The Morgan fingerprint density at radius 3 is 2.79 bits per heavy atom.